The number of rotatable bonds is 10. The van der Waals surface area contributed by atoms with Crippen molar-refractivity contribution in [1.29, 1.82) is 0 Å². The SMILES string of the molecule is CC[NH+](CC)Cc1ccccc1CNC(=O)[C@@H](NC(=O)c1ccc(F)cc1)C(C)C. The van der Waals surface area contributed by atoms with E-state index in [0.29, 0.717) is 12.1 Å². The number of benzene rings is 2. The second-order valence-electron chi connectivity index (χ2n) is 7.82. The van der Waals surface area contributed by atoms with E-state index in [2.05, 4.69) is 30.5 Å². The van der Waals surface area contributed by atoms with Crippen LogP contribution < -0.4 is 15.5 Å². The van der Waals surface area contributed by atoms with Gasteiger partial charge in [-0.2, -0.15) is 0 Å². The van der Waals surface area contributed by atoms with Crippen LogP contribution >= 0.6 is 0 Å². The molecule has 3 N–H and O–H groups in total. The van der Waals surface area contributed by atoms with Gasteiger partial charge < -0.3 is 15.5 Å². The molecular formula is C24H33FN3O2+. The van der Waals surface area contributed by atoms with Gasteiger partial charge in [-0.05, 0) is 49.6 Å². The molecule has 0 spiro atoms. The Morgan fingerprint density at radius 3 is 2.13 bits per heavy atom. The summed E-state index contributed by atoms with van der Waals surface area (Å²) in [5.41, 5.74) is 2.62. The van der Waals surface area contributed by atoms with Crippen molar-refractivity contribution in [2.45, 2.75) is 46.8 Å². The summed E-state index contributed by atoms with van der Waals surface area (Å²) in [7, 11) is 0. The molecule has 0 aliphatic carbocycles. The lowest BCUT2D eigenvalue weighted by Crippen LogP contribution is -3.10. The Balaban J connectivity index is 2.04. The van der Waals surface area contributed by atoms with Crippen molar-refractivity contribution in [3.8, 4) is 0 Å². The molecule has 0 heterocycles. The highest BCUT2D eigenvalue weighted by Crippen LogP contribution is 2.10. The lowest BCUT2D eigenvalue weighted by atomic mass is 10.0. The molecule has 5 nitrogen and oxygen atoms in total. The van der Waals surface area contributed by atoms with E-state index in [4.69, 9.17) is 0 Å². The molecule has 30 heavy (non-hydrogen) atoms. The van der Waals surface area contributed by atoms with Crippen LogP contribution in [0.1, 0.15) is 49.2 Å². The molecule has 0 aliphatic heterocycles. The van der Waals surface area contributed by atoms with Gasteiger partial charge in [-0.25, -0.2) is 4.39 Å². The van der Waals surface area contributed by atoms with Crippen molar-refractivity contribution in [2.24, 2.45) is 5.92 Å². The minimum atomic E-state index is -0.678. The molecule has 1 atom stereocenters. The van der Waals surface area contributed by atoms with Crippen molar-refractivity contribution in [1.82, 2.24) is 10.6 Å². The van der Waals surface area contributed by atoms with E-state index in [1.54, 1.807) is 0 Å². The summed E-state index contributed by atoms with van der Waals surface area (Å²) in [6, 6.07) is 12.7. The van der Waals surface area contributed by atoms with E-state index < -0.39 is 17.8 Å². The van der Waals surface area contributed by atoms with Crippen molar-refractivity contribution >= 4 is 11.8 Å². The molecular weight excluding hydrogens is 381 g/mol. The summed E-state index contributed by atoms with van der Waals surface area (Å²) in [6.07, 6.45) is 0. The zero-order chi connectivity index (χ0) is 22.1. The lowest BCUT2D eigenvalue weighted by Gasteiger charge is -2.22. The number of carbonyl (C=O) groups excluding carboxylic acids is 2. The van der Waals surface area contributed by atoms with E-state index in [0.717, 1.165) is 25.2 Å². The number of hydrogen-bond acceptors (Lipinski definition) is 2. The predicted octanol–water partition coefficient (Wildman–Crippen LogP) is 2.32. The molecule has 2 aromatic carbocycles. The van der Waals surface area contributed by atoms with Crippen LogP contribution in [0.3, 0.4) is 0 Å². The highest BCUT2D eigenvalue weighted by molar-refractivity contribution is 5.97. The first-order valence-electron chi connectivity index (χ1n) is 10.6. The number of nitrogens with one attached hydrogen (secondary N) is 3. The second kappa shape index (κ2) is 11.5. The maximum Gasteiger partial charge on any atom is 0.251 e. The molecule has 0 bridgehead atoms. The Labute approximate surface area is 178 Å². The summed E-state index contributed by atoms with van der Waals surface area (Å²) >= 11 is 0. The zero-order valence-electron chi connectivity index (χ0n) is 18.3. The van der Waals surface area contributed by atoms with Gasteiger partial charge in [-0.15, -0.1) is 0 Å². The topological polar surface area (TPSA) is 62.6 Å². The summed E-state index contributed by atoms with van der Waals surface area (Å²) in [4.78, 5) is 26.8. The quantitative estimate of drug-likeness (QED) is 0.559. The molecule has 0 saturated heterocycles. The van der Waals surface area contributed by atoms with E-state index in [9.17, 15) is 14.0 Å². The van der Waals surface area contributed by atoms with Gasteiger partial charge in [0.1, 0.15) is 18.4 Å². The van der Waals surface area contributed by atoms with Crippen LogP contribution in [0.15, 0.2) is 48.5 Å². The minimum Gasteiger partial charge on any atom is -0.350 e. The fourth-order valence-corrected chi connectivity index (χ4v) is 3.32. The normalized spacial score (nSPS) is 12.1. The van der Waals surface area contributed by atoms with Crippen molar-refractivity contribution < 1.29 is 18.9 Å². The Hall–Kier alpha value is -2.73. The molecule has 0 fully saturated rings. The van der Waals surface area contributed by atoms with Crippen molar-refractivity contribution in [2.75, 3.05) is 13.1 Å². The largest absolute Gasteiger partial charge is 0.350 e. The van der Waals surface area contributed by atoms with E-state index in [1.807, 2.05) is 32.0 Å². The molecule has 0 aromatic heterocycles. The van der Waals surface area contributed by atoms with Gasteiger partial charge >= 0.3 is 0 Å². The summed E-state index contributed by atoms with van der Waals surface area (Å²) in [6.45, 7) is 11.5. The number of hydrogen-bond donors (Lipinski definition) is 3. The molecule has 6 heteroatoms. The molecule has 162 valence electrons. The van der Waals surface area contributed by atoms with Crippen LogP contribution in [0.2, 0.25) is 0 Å². The fraction of sp³-hybridized carbons (Fsp3) is 0.417. The fourth-order valence-electron chi connectivity index (χ4n) is 3.32. The van der Waals surface area contributed by atoms with E-state index >= 15 is 0 Å². The number of amides is 2. The van der Waals surface area contributed by atoms with Gasteiger partial charge in [0.2, 0.25) is 5.91 Å². The summed E-state index contributed by atoms with van der Waals surface area (Å²) in [5.74, 6) is -1.13. The van der Waals surface area contributed by atoms with Gasteiger partial charge in [-0.1, -0.05) is 38.1 Å². The molecule has 2 aromatic rings. The van der Waals surface area contributed by atoms with Crippen LogP contribution in [-0.4, -0.2) is 30.9 Å². The van der Waals surface area contributed by atoms with Gasteiger partial charge in [0.05, 0.1) is 13.1 Å². The maximum absolute atomic E-state index is 13.1. The molecule has 0 radical (unpaired) electrons. The number of carbonyl (C=O) groups is 2. The Bertz CT molecular complexity index is 833. The van der Waals surface area contributed by atoms with Gasteiger partial charge in [-0.3, -0.25) is 9.59 Å². The van der Waals surface area contributed by atoms with Gasteiger partial charge in [0.25, 0.3) is 5.91 Å². The third-order valence-corrected chi connectivity index (χ3v) is 5.35. The first-order valence-corrected chi connectivity index (χ1v) is 10.6. The minimum absolute atomic E-state index is 0.0928. The molecule has 0 saturated carbocycles. The van der Waals surface area contributed by atoms with Gasteiger partial charge in [0, 0.05) is 17.7 Å². The summed E-state index contributed by atoms with van der Waals surface area (Å²) in [5, 5.41) is 5.75. The smallest absolute Gasteiger partial charge is 0.251 e. The highest BCUT2D eigenvalue weighted by atomic mass is 19.1. The molecule has 2 amide bonds. The number of quaternary nitrogens is 1. The zero-order valence-corrected chi connectivity index (χ0v) is 18.3. The summed E-state index contributed by atoms with van der Waals surface area (Å²) < 4.78 is 13.1. The predicted molar refractivity (Wildman–Crippen MR) is 117 cm³/mol. The monoisotopic (exact) mass is 414 g/mol. The Morgan fingerprint density at radius 2 is 1.57 bits per heavy atom. The van der Waals surface area contributed by atoms with Crippen LogP contribution in [0.25, 0.3) is 0 Å². The number of halogens is 1. The lowest BCUT2D eigenvalue weighted by molar-refractivity contribution is -0.910. The van der Waals surface area contributed by atoms with Crippen LogP contribution in [0.5, 0.6) is 0 Å². The molecule has 0 unspecified atom stereocenters. The average molecular weight is 415 g/mol. The van der Waals surface area contributed by atoms with Crippen LogP contribution in [0, 0.1) is 11.7 Å². The van der Waals surface area contributed by atoms with Crippen LogP contribution in [0.4, 0.5) is 4.39 Å². The van der Waals surface area contributed by atoms with Crippen molar-refractivity contribution in [3.05, 3.63) is 71.0 Å². The third kappa shape index (κ3) is 6.66. The average Bonchev–Trinajstić information content (AvgIpc) is 2.74. The molecule has 0 aliphatic rings. The second-order valence-corrected chi connectivity index (χ2v) is 7.82. The Morgan fingerprint density at radius 1 is 0.967 bits per heavy atom. The third-order valence-electron chi connectivity index (χ3n) is 5.35. The molecule has 2 rings (SSSR count). The van der Waals surface area contributed by atoms with Gasteiger partial charge in [0.15, 0.2) is 0 Å². The van der Waals surface area contributed by atoms with E-state index in [-0.39, 0.29) is 11.8 Å². The highest BCUT2D eigenvalue weighted by Gasteiger charge is 2.24. The standard InChI is InChI=1S/C24H32FN3O2/c1-5-28(6-2)16-20-10-8-7-9-19(20)15-26-24(30)22(17(3)4)27-23(29)18-11-13-21(25)14-12-18/h7-14,17,22H,5-6,15-16H2,1-4H3,(H,26,30)(H,27,29)/p+1/t22-/m0/s1. The van der Waals surface area contributed by atoms with Crippen LogP contribution in [-0.2, 0) is 17.9 Å². The first-order chi connectivity index (χ1) is 14.3. The Kier molecular flexibility index (Phi) is 8.99. The first kappa shape index (κ1) is 23.5. The van der Waals surface area contributed by atoms with E-state index in [1.165, 1.54) is 34.7 Å². The van der Waals surface area contributed by atoms with Crippen molar-refractivity contribution in [3.63, 3.8) is 0 Å². The maximum atomic E-state index is 13.1.